The van der Waals surface area contributed by atoms with Gasteiger partial charge >= 0.3 is 5.97 Å². The topological polar surface area (TPSA) is 83.5 Å². The third-order valence-corrected chi connectivity index (χ3v) is 4.32. The lowest BCUT2D eigenvalue weighted by molar-refractivity contribution is -0.137. The minimum Gasteiger partial charge on any atom is -0.481 e. The van der Waals surface area contributed by atoms with Crippen LogP contribution >= 0.6 is 11.6 Å². The number of hydrogen-bond acceptors (Lipinski definition) is 3. The first-order valence-electron chi connectivity index (χ1n) is 5.77. The summed E-state index contributed by atoms with van der Waals surface area (Å²) in [6.45, 7) is 1.72. The first-order valence-corrected chi connectivity index (χ1v) is 7.80. The van der Waals surface area contributed by atoms with Gasteiger partial charge < -0.3 is 5.11 Å². The van der Waals surface area contributed by atoms with E-state index in [0.717, 1.165) is 5.56 Å². The van der Waals surface area contributed by atoms with Gasteiger partial charge in [0.15, 0.2) is 0 Å². The number of halogens is 1. The molecule has 1 rings (SSSR count). The Hall–Kier alpha value is -1.11. The second-order valence-corrected chi connectivity index (χ2v) is 6.52. The summed E-state index contributed by atoms with van der Waals surface area (Å²) in [6.07, 6.45) is -0.0613. The molecule has 0 aliphatic heterocycles. The Labute approximate surface area is 117 Å². The van der Waals surface area contributed by atoms with E-state index in [1.54, 1.807) is 31.2 Å². The first kappa shape index (κ1) is 15.9. The molecule has 7 heteroatoms. The quantitative estimate of drug-likeness (QED) is 0.809. The van der Waals surface area contributed by atoms with Gasteiger partial charge in [0.25, 0.3) is 0 Å². The molecule has 1 atom stereocenters. The molecule has 0 aliphatic carbocycles. The predicted molar refractivity (Wildman–Crippen MR) is 73.7 cm³/mol. The van der Waals surface area contributed by atoms with E-state index in [2.05, 4.69) is 4.72 Å². The monoisotopic (exact) mass is 305 g/mol. The van der Waals surface area contributed by atoms with Crippen LogP contribution < -0.4 is 4.72 Å². The Morgan fingerprint density at radius 3 is 2.47 bits per heavy atom. The molecule has 0 aromatic heterocycles. The standard InChI is InChI=1S/C12H16ClNO4S/c1-9(10-4-6-11(13)7-5-10)14-19(17,18)8-2-3-12(15)16/h4-7,9,14H,2-3,8H2,1H3,(H,15,16)/t9-/m0/s1. The van der Waals surface area contributed by atoms with Crippen molar-refractivity contribution in [3.8, 4) is 0 Å². The number of aliphatic carboxylic acids is 1. The van der Waals surface area contributed by atoms with Crippen LogP contribution in [0.1, 0.15) is 31.4 Å². The van der Waals surface area contributed by atoms with E-state index >= 15 is 0 Å². The van der Waals surface area contributed by atoms with Gasteiger partial charge in [-0.15, -0.1) is 0 Å². The zero-order valence-corrected chi connectivity index (χ0v) is 12.0. The fraction of sp³-hybridized carbons (Fsp3) is 0.417. The highest BCUT2D eigenvalue weighted by Gasteiger charge is 2.16. The highest BCUT2D eigenvalue weighted by atomic mass is 35.5. The molecule has 106 valence electrons. The molecule has 0 fully saturated rings. The Bertz CT molecular complexity index is 527. The summed E-state index contributed by atoms with van der Waals surface area (Å²) >= 11 is 5.75. The van der Waals surface area contributed by atoms with Crippen LogP contribution in [0.5, 0.6) is 0 Å². The van der Waals surface area contributed by atoms with E-state index in [4.69, 9.17) is 16.7 Å². The summed E-state index contributed by atoms with van der Waals surface area (Å²) in [5.74, 6) is -1.20. The second kappa shape index (κ2) is 6.88. The predicted octanol–water partition coefficient (Wildman–Crippen LogP) is 2.19. The lowest BCUT2D eigenvalue weighted by Crippen LogP contribution is -2.29. The summed E-state index contributed by atoms with van der Waals surface area (Å²) in [5, 5.41) is 9.05. The van der Waals surface area contributed by atoms with E-state index < -0.39 is 16.0 Å². The lowest BCUT2D eigenvalue weighted by Gasteiger charge is -2.14. The molecule has 0 unspecified atom stereocenters. The van der Waals surface area contributed by atoms with E-state index in [9.17, 15) is 13.2 Å². The van der Waals surface area contributed by atoms with Crippen molar-refractivity contribution in [1.82, 2.24) is 4.72 Å². The third-order valence-electron chi connectivity index (χ3n) is 2.53. The molecule has 0 amide bonds. The molecule has 0 spiro atoms. The summed E-state index contributed by atoms with van der Waals surface area (Å²) in [7, 11) is -3.48. The van der Waals surface area contributed by atoms with Gasteiger partial charge in [0.1, 0.15) is 0 Å². The maximum atomic E-state index is 11.7. The molecular formula is C12H16ClNO4S. The number of hydrogen-bond donors (Lipinski definition) is 2. The SMILES string of the molecule is C[C@H](NS(=O)(=O)CCCC(=O)O)c1ccc(Cl)cc1. The first-order chi connectivity index (χ1) is 8.80. The maximum absolute atomic E-state index is 11.7. The molecule has 0 saturated heterocycles. The van der Waals surface area contributed by atoms with Crippen LogP contribution in [0.3, 0.4) is 0 Å². The minimum absolute atomic E-state index is 0.0952. The zero-order chi connectivity index (χ0) is 14.5. The molecule has 1 aromatic carbocycles. The Morgan fingerprint density at radius 2 is 1.95 bits per heavy atom. The summed E-state index contributed by atoms with van der Waals surface area (Å²) in [5.41, 5.74) is 0.797. The van der Waals surface area contributed by atoms with Gasteiger partial charge in [-0.2, -0.15) is 0 Å². The van der Waals surface area contributed by atoms with Crippen LogP contribution in [-0.4, -0.2) is 25.2 Å². The van der Waals surface area contributed by atoms with Crippen LogP contribution in [0, 0.1) is 0 Å². The lowest BCUT2D eigenvalue weighted by atomic mass is 10.1. The van der Waals surface area contributed by atoms with E-state index in [0.29, 0.717) is 5.02 Å². The number of nitrogens with one attached hydrogen (secondary N) is 1. The van der Waals surface area contributed by atoms with Crippen LogP contribution in [0.4, 0.5) is 0 Å². The van der Waals surface area contributed by atoms with Gasteiger partial charge in [-0.25, -0.2) is 13.1 Å². The average molecular weight is 306 g/mol. The van der Waals surface area contributed by atoms with Crippen molar-refractivity contribution >= 4 is 27.6 Å². The molecule has 0 saturated carbocycles. The van der Waals surface area contributed by atoms with Crippen molar-refractivity contribution in [3.63, 3.8) is 0 Å². The van der Waals surface area contributed by atoms with Crippen molar-refractivity contribution in [3.05, 3.63) is 34.9 Å². The van der Waals surface area contributed by atoms with Gasteiger partial charge in [-0.3, -0.25) is 4.79 Å². The van der Waals surface area contributed by atoms with E-state index in [1.807, 2.05) is 0 Å². The molecule has 1 aromatic rings. The van der Waals surface area contributed by atoms with Crippen molar-refractivity contribution < 1.29 is 18.3 Å². The Morgan fingerprint density at radius 1 is 1.37 bits per heavy atom. The number of carboxylic acids is 1. The summed E-state index contributed by atoms with van der Waals surface area (Å²) in [4.78, 5) is 10.3. The molecule has 0 radical (unpaired) electrons. The molecule has 0 bridgehead atoms. The largest absolute Gasteiger partial charge is 0.481 e. The van der Waals surface area contributed by atoms with Crippen LogP contribution in [-0.2, 0) is 14.8 Å². The Kier molecular flexibility index (Phi) is 5.78. The molecular weight excluding hydrogens is 290 g/mol. The summed E-state index contributed by atoms with van der Waals surface area (Å²) in [6, 6.07) is 6.48. The van der Waals surface area contributed by atoms with Crippen molar-refractivity contribution in [2.45, 2.75) is 25.8 Å². The molecule has 5 nitrogen and oxygen atoms in total. The second-order valence-electron chi connectivity index (χ2n) is 4.21. The van der Waals surface area contributed by atoms with Crippen LogP contribution in [0.25, 0.3) is 0 Å². The van der Waals surface area contributed by atoms with E-state index in [-0.39, 0.29) is 24.6 Å². The van der Waals surface area contributed by atoms with Crippen LogP contribution in [0.2, 0.25) is 5.02 Å². The van der Waals surface area contributed by atoms with Gasteiger partial charge in [-0.05, 0) is 31.0 Å². The third kappa shape index (κ3) is 6.04. The fourth-order valence-corrected chi connectivity index (χ4v) is 3.00. The highest BCUT2D eigenvalue weighted by Crippen LogP contribution is 2.17. The van der Waals surface area contributed by atoms with Crippen molar-refractivity contribution in [2.75, 3.05) is 5.75 Å². The smallest absolute Gasteiger partial charge is 0.303 e. The van der Waals surface area contributed by atoms with Gasteiger partial charge in [0.05, 0.1) is 5.75 Å². The summed E-state index contributed by atoms with van der Waals surface area (Å²) < 4.78 is 26.0. The molecule has 0 heterocycles. The molecule has 0 aliphatic rings. The number of sulfonamides is 1. The normalized spacial score (nSPS) is 13.2. The Balaban J connectivity index is 2.57. The highest BCUT2D eigenvalue weighted by molar-refractivity contribution is 7.89. The van der Waals surface area contributed by atoms with Crippen LogP contribution in [0.15, 0.2) is 24.3 Å². The van der Waals surface area contributed by atoms with Gasteiger partial charge in [0, 0.05) is 17.5 Å². The maximum Gasteiger partial charge on any atom is 0.303 e. The number of carboxylic acid groups (broad SMARTS) is 1. The number of carbonyl (C=O) groups is 1. The van der Waals surface area contributed by atoms with Gasteiger partial charge in [-0.1, -0.05) is 23.7 Å². The molecule has 2 N–H and O–H groups in total. The van der Waals surface area contributed by atoms with Crippen molar-refractivity contribution in [2.24, 2.45) is 0 Å². The van der Waals surface area contributed by atoms with E-state index in [1.165, 1.54) is 0 Å². The van der Waals surface area contributed by atoms with Gasteiger partial charge in [0.2, 0.25) is 10.0 Å². The number of benzene rings is 1. The average Bonchev–Trinajstić information content (AvgIpc) is 2.28. The minimum atomic E-state index is -3.48. The zero-order valence-electron chi connectivity index (χ0n) is 10.5. The fourth-order valence-electron chi connectivity index (χ4n) is 1.56. The van der Waals surface area contributed by atoms with Crippen molar-refractivity contribution in [1.29, 1.82) is 0 Å². The number of rotatable bonds is 7. The molecule has 19 heavy (non-hydrogen) atoms.